The molecule has 2 aliphatic rings. The van der Waals surface area contributed by atoms with Gasteiger partial charge < -0.3 is 26.0 Å². The van der Waals surface area contributed by atoms with Gasteiger partial charge in [-0.15, -0.1) is 0 Å². The number of benzene rings is 1. The van der Waals surface area contributed by atoms with E-state index in [2.05, 4.69) is 15.2 Å². The Labute approximate surface area is 186 Å². The van der Waals surface area contributed by atoms with E-state index in [1.807, 2.05) is 4.90 Å². The van der Waals surface area contributed by atoms with Crippen LogP contribution in [-0.4, -0.2) is 59.0 Å². The summed E-state index contributed by atoms with van der Waals surface area (Å²) in [5, 5.41) is 12.0. The monoisotopic (exact) mass is 437 g/mol. The second-order valence-corrected chi connectivity index (χ2v) is 8.27. The van der Waals surface area contributed by atoms with Gasteiger partial charge in [-0.1, -0.05) is 6.07 Å². The number of anilines is 2. The van der Waals surface area contributed by atoms with Crippen molar-refractivity contribution in [3.8, 4) is 0 Å². The van der Waals surface area contributed by atoms with Crippen LogP contribution in [0, 0.1) is 5.92 Å². The first-order valence-corrected chi connectivity index (χ1v) is 10.8. The minimum absolute atomic E-state index is 0.223. The number of nitrogen functional groups attached to an aromatic ring is 1. The lowest BCUT2D eigenvalue weighted by atomic mass is 10.0. The maximum atomic E-state index is 12.8. The van der Waals surface area contributed by atoms with Crippen molar-refractivity contribution in [3.05, 3.63) is 53.9 Å². The number of rotatable bonds is 7. The number of aliphatic carboxylic acids is 1. The molecule has 1 atom stereocenters. The van der Waals surface area contributed by atoms with Crippen molar-refractivity contribution in [2.45, 2.75) is 25.3 Å². The third-order valence-electron chi connectivity index (χ3n) is 5.92. The first kappa shape index (κ1) is 21.6. The third kappa shape index (κ3) is 4.99. The number of carbonyl (C=O) groups is 3. The number of piperazine rings is 1. The standard InChI is InChI=1S/C23H27N5O4/c24-18-12-16(22(31)26-19(13-21(29)30)17-2-1-7-25-14-17)5-6-20(18)27-8-10-28(11-9-27)23(32)15-3-4-15/h1-2,5-7,12,14-15,19H,3-4,8-11,13,24H2,(H,26,31)(H,29,30). The van der Waals surface area contributed by atoms with E-state index in [9.17, 15) is 19.5 Å². The van der Waals surface area contributed by atoms with Crippen LogP contribution in [0.1, 0.15) is 41.2 Å². The van der Waals surface area contributed by atoms with E-state index in [0.29, 0.717) is 43.0 Å². The van der Waals surface area contributed by atoms with Gasteiger partial charge in [-0.3, -0.25) is 19.4 Å². The van der Waals surface area contributed by atoms with Gasteiger partial charge >= 0.3 is 5.97 Å². The van der Waals surface area contributed by atoms with Gasteiger partial charge in [-0.2, -0.15) is 0 Å². The van der Waals surface area contributed by atoms with Crippen molar-refractivity contribution >= 4 is 29.2 Å². The Morgan fingerprint density at radius 2 is 1.91 bits per heavy atom. The zero-order valence-electron chi connectivity index (χ0n) is 17.7. The van der Waals surface area contributed by atoms with Crippen molar-refractivity contribution in [2.75, 3.05) is 36.8 Å². The van der Waals surface area contributed by atoms with Crippen LogP contribution in [0.2, 0.25) is 0 Å². The van der Waals surface area contributed by atoms with Crippen molar-refractivity contribution in [1.82, 2.24) is 15.2 Å². The molecule has 1 aliphatic heterocycles. The van der Waals surface area contributed by atoms with Gasteiger partial charge in [0.25, 0.3) is 5.91 Å². The predicted octanol–water partition coefficient (Wildman–Crippen LogP) is 1.67. The second kappa shape index (κ2) is 9.25. The number of pyridine rings is 1. The van der Waals surface area contributed by atoms with E-state index in [1.54, 1.807) is 42.7 Å². The van der Waals surface area contributed by atoms with Crippen LogP contribution in [0.25, 0.3) is 0 Å². The largest absolute Gasteiger partial charge is 0.481 e. The average Bonchev–Trinajstić information content (AvgIpc) is 3.64. The minimum Gasteiger partial charge on any atom is -0.481 e. The van der Waals surface area contributed by atoms with Crippen LogP contribution in [-0.2, 0) is 9.59 Å². The molecule has 4 N–H and O–H groups in total. The summed E-state index contributed by atoms with van der Waals surface area (Å²) in [6.45, 7) is 2.71. The highest BCUT2D eigenvalue weighted by molar-refractivity contribution is 5.96. The average molecular weight is 438 g/mol. The Morgan fingerprint density at radius 1 is 1.16 bits per heavy atom. The minimum atomic E-state index is -1.02. The zero-order chi connectivity index (χ0) is 22.7. The number of nitrogens with one attached hydrogen (secondary N) is 1. The Kier molecular flexibility index (Phi) is 6.25. The van der Waals surface area contributed by atoms with E-state index in [-0.39, 0.29) is 18.2 Å². The highest BCUT2D eigenvalue weighted by Crippen LogP contribution is 2.32. The molecule has 9 nitrogen and oxygen atoms in total. The number of hydrogen-bond acceptors (Lipinski definition) is 6. The van der Waals surface area contributed by atoms with Crippen molar-refractivity contribution in [2.24, 2.45) is 5.92 Å². The summed E-state index contributed by atoms with van der Waals surface area (Å²) < 4.78 is 0. The fraction of sp³-hybridized carbons (Fsp3) is 0.391. The van der Waals surface area contributed by atoms with E-state index < -0.39 is 17.9 Å². The molecule has 1 aromatic heterocycles. The summed E-state index contributed by atoms with van der Waals surface area (Å²) in [7, 11) is 0. The van der Waals surface area contributed by atoms with E-state index in [0.717, 1.165) is 18.5 Å². The molecule has 1 aliphatic carbocycles. The lowest BCUT2D eigenvalue weighted by Crippen LogP contribution is -2.49. The number of nitrogens with zero attached hydrogens (tertiary/aromatic N) is 3. The van der Waals surface area contributed by atoms with E-state index >= 15 is 0 Å². The fourth-order valence-electron chi connectivity index (χ4n) is 3.99. The number of carboxylic acid groups (broad SMARTS) is 1. The molecular formula is C23H27N5O4. The van der Waals surface area contributed by atoms with Crippen LogP contribution < -0.4 is 16.0 Å². The van der Waals surface area contributed by atoms with E-state index in [4.69, 9.17) is 5.73 Å². The fourth-order valence-corrected chi connectivity index (χ4v) is 3.99. The SMILES string of the molecule is Nc1cc(C(=O)NC(CC(=O)O)c2cccnc2)ccc1N1CCN(C(=O)C2CC2)CC1. The van der Waals surface area contributed by atoms with Gasteiger partial charge in [0, 0.05) is 50.1 Å². The molecular weight excluding hydrogens is 410 g/mol. The molecule has 32 heavy (non-hydrogen) atoms. The molecule has 1 saturated heterocycles. The van der Waals surface area contributed by atoms with Gasteiger partial charge in [0.2, 0.25) is 5.91 Å². The molecule has 1 aromatic carbocycles. The molecule has 2 heterocycles. The molecule has 0 spiro atoms. The number of carbonyl (C=O) groups excluding carboxylic acids is 2. The summed E-state index contributed by atoms with van der Waals surface area (Å²) in [6.07, 6.45) is 4.88. The summed E-state index contributed by atoms with van der Waals surface area (Å²) in [4.78, 5) is 44.4. The molecule has 9 heteroatoms. The Bertz CT molecular complexity index is 1000. The summed E-state index contributed by atoms with van der Waals surface area (Å²) in [5.41, 5.74) is 8.53. The lowest BCUT2D eigenvalue weighted by molar-refractivity contribution is -0.137. The predicted molar refractivity (Wildman–Crippen MR) is 119 cm³/mol. The number of aromatic nitrogens is 1. The third-order valence-corrected chi connectivity index (χ3v) is 5.92. The van der Waals surface area contributed by atoms with Gasteiger partial charge in [-0.05, 0) is 42.7 Å². The maximum absolute atomic E-state index is 12.8. The highest BCUT2D eigenvalue weighted by atomic mass is 16.4. The lowest BCUT2D eigenvalue weighted by Gasteiger charge is -2.36. The molecule has 2 amide bonds. The van der Waals surface area contributed by atoms with Crippen molar-refractivity contribution in [1.29, 1.82) is 0 Å². The molecule has 4 rings (SSSR count). The molecule has 0 bridgehead atoms. The van der Waals surface area contributed by atoms with Crippen LogP contribution in [0.15, 0.2) is 42.7 Å². The van der Waals surface area contributed by atoms with Gasteiger partial charge in [-0.25, -0.2) is 0 Å². The first-order chi connectivity index (χ1) is 15.4. The summed E-state index contributed by atoms with van der Waals surface area (Å²) >= 11 is 0. The summed E-state index contributed by atoms with van der Waals surface area (Å²) in [6, 6.07) is 7.81. The van der Waals surface area contributed by atoms with Crippen molar-refractivity contribution < 1.29 is 19.5 Å². The quantitative estimate of drug-likeness (QED) is 0.562. The normalized spacial score (nSPS) is 17.0. The topological polar surface area (TPSA) is 129 Å². The molecule has 2 aromatic rings. The Balaban J connectivity index is 1.41. The maximum Gasteiger partial charge on any atom is 0.305 e. The second-order valence-electron chi connectivity index (χ2n) is 8.27. The number of amides is 2. The molecule has 1 saturated carbocycles. The van der Waals surface area contributed by atoms with Crippen LogP contribution in [0.3, 0.4) is 0 Å². The first-order valence-electron chi connectivity index (χ1n) is 10.8. The molecule has 0 radical (unpaired) electrons. The molecule has 1 unspecified atom stereocenters. The molecule has 168 valence electrons. The Hall–Kier alpha value is -3.62. The number of carboxylic acids is 1. The van der Waals surface area contributed by atoms with Crippen LogP contribution in [0.4, 0.5) is 11.4 Å². The zero-order valence-corrected chi connectivity index (χ0v) is 17.7. The number of hydrogen-bond donors (Lipinski definition) is 3. The molecule has 2 fully saturated rings. The summed E-state index contributed by atoms with van der Waals surface area (Å²) in [5.74, 6) is -0.943. The van der Waals surface area contributed by atoms with Crippen LogP contribution >= 0.6 is 0 Å². The van der Waals surface area contributed by atoms with E-state index in [1.165, 1.54) is 0 Å². The van der Waals surface area contributed by atoms with Gasteiger partial charge in [0.05, 0.1) is 23.8 Å². The van der Waals surface area contributed by atoms with Gasteiger partial charge in [0.15, 0.2) is 0 Å². The number of nitrogens with two attached hydrogens (primary N) is 1. The van der Waals surface area contributed by atoms with Crippen molar-refractivity contribution in [3.63, 3.8) is 0 Å². The van der Waals surface area contributed by atoms with Gasteiger partial charge in [0.1, 0.15) is 0 Å². The smallest absolute Gasteiger partial charge is 0.305 e. The van der Waals surface area contributed by atoms with Crippen LogP contribution in [0.5, 0.6) is 0 Å². The Morgan fingerprint density at radius 3 is 2.50 bits per heavy atom. The highest BCUT2D eigenvalue weighted by Gasteiger charge is 2.34.